The van der Waals surface area contributed by atoms with Crippen molar-refractivity contribution in [2.75, 3.05) is 20.6 Å². The van der Waals surface area contributed by atoms with Crippen LogP contribution in [0.1, 0.15) is 13.8 Å². The normalized spacial score (nSPS) is 9.89. The Morgan fingerprint density at radius 1 is 1.44 bits per heavy atom. The van der Waals surface area contributed by atoms with Crippen LogP contribution in [0.25, 0.3) is 0 Å². The van der Waals surface area contributed by atoms with E-state index in [1.807, 2.05) is 26.0 Å². The molecule has 0 fully saturated rings. The van der Waals surface area contributed by atoms with Crippen LogP contribution in [0.2, 0.25) is 0 Å². The highest BCUT2D eigenvalue weighted by Gasteiger charge is 2.00. The van der Waals surface area contributed by atoms with Crippen LogP contribution in [0.5, 0.6) is 0 Å². The third-order valence-electron chi connectivity index (χ3n) is 1.22. The molecule has 0 N–H and O–H groups in total. The molecule has 0 amide bonds. The van der Waals surface area contributed by atoms with Crippen molar-refractivity contribution >= 4 is 0 Å². The average Bonchev–Trinajstić information content (AvgIpc) is 1.64. The lowest BCUT2D eigenvalue weighted by Gasteiger charge is -2.29. The predicted octanol–water partition coefficient (Wildman–Crippen LogP) is 1.32. The van der Waals surface area contributed by atoms with E-state index in [0.29, 0.717) is 0 Å². The average molecular weight is 128 g/mol. The molecule has 0 aliphatic heterocycles. The molecule has 2 heteroatoms. The van der Waals surface area contributed by atoms with Gasteiger partial charge in [0.15, 0.2) is 0 Å². The van der Waals surface area contributed by atoms with E-state index in [9.17, 15) is 0 Å². The Morgan fingerprint density at radius 2 is 1.89 bits per heavy atom. The Balaban J connectivity index is 3.83. The molecule has 0 aromatic rings. The van der Waals surface area contributed by atoms with Crippen LogP contribution in [-0.2, 0) is 0 Å². The van der Waals surface area contributed by atoms with Crippen molar-refractivity contribution in [1.82, 2.24) is 10.0 Å². The molecule has 0 spiro atoms. The second-order valence-corrected chi connectivity index (χ2v) is 2.30. The van der Waals surface area contributed by atoms with Gasteiger partial charge >= 0.3 is 0 Å². The largest absolute Gasteiger partial charge is 0.312 e. The van der Waals surface area contributed by atoms with Gasteiger partial charge in [-0.1, -0.05) is 6.58 Å². The first-order chi connectivity index (χ1) is 4.09. The highest BCUT2D eigenvalue weighted by molar-refractivity contribution is 4.84. The van der Waals surface area contributed by atoms with E-state index >= 15 is 0 Å². The van der Waals surface area contributed by atoms with Crippen LogP contribution in [0.4, 0.5) is 0 Å². The van der Waals surface area contributed by atoms with Crippen LogP contribution < -0.4 is 0 Å². The summed E-state index contributed by atoms with van der Waals surface area (Å²) in [5.74, 6) is 0. The second kappa shape index (κ2) is 3.51. The smallest absolute Gasteiger partial charge is 0.0314 e. The minimum atomic E-state index is 0.988. The summed E-state index contributed by atoms with van der Waals surface area (Å²) in [5, 5.41) is 4.13. The van der Waals surface area contributed by atoms with Crippen molar-refractivity contribution in [2.45, 2.75) is 13.8 Å². The first-order valence-corrected chi connectivity index (χ1v) is 3.19. The Morgan fingerprint density at radius 3 is 1.89 bits per heavy atom. The second-order valence-electron chi connectivity index (χ2n) is 2.30. The maximum atomic E-state index is 3.83. The maximum Gasteiger partial charge on any atom is 0.0314 e. The van der Waals surface area contributed by atoms with E-state index in [4.69, 9.17) is 0 Å². The summed E-state index contributed by atoms with van der Waals surface area (Å²) in [7, 11) is 4.02. The number of hydrazine groups is 1. The zero-order valence-corrected chi connectivity index (χ0v) is 6.81. The third-order valence-corrected chi connectivity index (χ3v) is 1.22. The molecular weight excluding hydrogens is 112 g/mol. The number of nitrogens with zero attached hydrogens (tertiary/aromatic N) is 2. The van der Waals surface area contributed by atoms with Crippen LogP contribution in [0, 0.1) is 0 Å². The van der Waals surface area contributed by atoms with Gasteiger partial charge in [-0.15, -0.1) is 0 Å². The lowest BCUT2D eigenvalue weighted by Crippen LogP contribution is -2.34. The summed E-state index contributed by atoms with van der Waals surface area (Å²) in [4.78, 5) is 0. The summed E-state index contributed by atoms with van der Waals surface area (Å²) >= 11 is 0. The van der Waals surface area contributed by atoms with Crippen LogP contribution in [-0.4, -0.2) is 30.7 Å². The molecule has 0 aromatic carbocycles. The molecule has 0 bridgehead atoms. The van der Waals surface area contributed by atoms with E-state index < -0.39 is 0 Å². The Labute approximate surface area is 57.7 Å². The molecule has 0 saturated carbocycles. The van der Waals surface area contributed by atoms with Crippen LogP contribution in [0.15, 0.2) is 12.3 Å². The molecular formula is C7H16N2. The number of hydrogen-bond donors (Lipinski definition) is 0. The highest BCUT2D eigenvalue weighted by Crippen LogP contribution is 1.99. The summed E-state index contributed by atoms with van der Waals surface area (Å²) in [6.07, 6.45) is 0. The van der Waals surface area contributed by atoms with E-state index in [0.717, 1.165) is 12.2 Å². The van der Waals surface area contributed by atoms with Crippen molar-refractivity contribution in [1.29, 1.82) is 0 Å². The van der Waals surface area contributed by atoms with E-state index in [-0.39, 0.29) is 0 Å². The van der Waals surface area contributed by atoms with E-state index in [1.165, 1.54) is 0 Å². The molecule has 0 rings (SSSR count). The fourth-order valence-electron chi connectivity index (χ4n) is 0.894. The Hall–Kier alpha value is -0.500. The molecule has 2 nitrogen and oxygen atoms in total. The van der Waals surface area contributed by atoms with Crippen LogP contribution >= 0.6 is 0 Å². The SMILES string of the molecule is C=C(C)N(CC)N(C)C. The zero-order valence-electron chi connectivity index (χ0n) is 6.81. The predicted molar refractivity (Wildman–Crippen MR) is 40.9 cm³/mol. The molecule has 0 unspecified atom stereocenters. The van der Waals surface area contributed by atoms with Gasteiger partial charge in [-0.25, -0.2) is 5.01 Å². The van der Waals surface area contributed by atoms with E-state index in [2.05, 4.69) is 18.5 Å². The number of hydrogen-bond acceptors (Lipinski definition) is 2. The van der Waals surface area contributed by atoms with E-state index in [1.54, 1.807) is 0 Å². The Kier molecular flexibility index (Phi) is 3.32. The number of rotatable bonds is 3. The van der Waals surface area contributed by atoms with Gasteiger partial charge in [-0.3, -0.25) is 0 Å². The molecule has 0 radical (unpaired) electrons. The molecule has 0 aliphatic carbocycles. The lowest BCUT2D eigenvalue weighted by atomic mass is 10.5. The molecule has 0 atom stereocenters. The molecule has 0 aromatic heterocycles. The minimum Gasteiger partial charge on any atom is -0.312 e. The zero-order chi connectivity index (χ0) is 7.44. The Bertz CT molecular complexity index is 97.1. The van der Waals surface area contributed by atoms with Crippen molar-refractivity contribution in [3.8, 4) is 0 Å². The topological polar surface area (TPSA) is 6.48 Å². The number of allylic oxidation sites excluding steroid dienone is 1. The van der Waals surface area contributed by atoms with Gasteiger partial charge in [0.2, 0.25) is 0 Å². The maximum absolute atomic E-state index is 3.83. The van der Waals surface area contributed by atoms with Crippen molar-refractivity contribution < 1.29 is 0 Å². The first kappa shape index (κ1) is 8.50. The molecule has 9 heavy (non-hydrogen) atoms. The molecule has 0 saturated heterocycles. The standard InChI is InChI=1S/C7H16N2/c1-6-9(7(2)3)8(4)5/h2,6H2,1,3-5H3. The fourth-order valence-corrected chi connectivity index (χ4v) is 0.894. The van der Waals surface area contributed by atoms with Gasteiger partial charge in [0.25, 0.3) is 0 Å². The summed E-state index contributed by atoms with van der Waals surface area (Å²) in [6.45, 7) is 8.93. The van der Waals surface area contributed by atoms with Crippen molar-refractivity contribution in [3.63, 3.8) is 0 Å². The van der Waals surface area contributed by atoms with Crippen LogP contribution in [0.3, 0.4) is 0 Å². The molecule has 0 aliphatic rings. The summed E-state index contributed by atoms with van der Waals surface area (Å²) < 4.78 is 0. The van der Waals surface area contributed by atoms with Crippen molar-refractivity contribution in [2.24, 2.45) is 0 Å². The quantitative estimate of drug-likeness (QED) is 0.529. The van der Waals surface area contributed by atoms with Gasteiger partial charge in [0.1, 0.15) is 0 Å². The highest BCUT2D eigenvalue weighted by atomic mass is 15.6. The summed E-state index contributed by atoms with van der Waals surface area (Å²) in [5.41, 5.74) is 1.09. The molecule has 0 heterocycles. The fraction of sp³-hybridized carbons (Fsp3) is 0.714. The minimum absolute atomic E-state index is 0.988. The monoisotopic (exact) mass is 128 g/mol. The van der Waals surface area contributed by atoms with Gasteiger partial charge in [0, 0.05) is 26.3 Å². The summed E-state index contributed by atoms with van der Waals surface area (Å²) in [6, 6.07) is 0. The van der Waals surface area contributed by atoms with Crippen molar-refractivity contribution in [3.05, 3.63) is 12.3 Å². The lowest BCUT2D eigenvalue weighted by molar-refractivity contribution is 0.0732. The third kappa shape index (κ3) is 2.51. The van der Waals surface area contributed by atoms with Gasteiger partial charge in [0.05, 0.1) is 0 Å². The van der Waals surface area contributed by atoms with Gasteiger partial charge < -0.3 is 5.01 Å². The van der Waals surface area contributed by atoms with Gasteiger partial charge in [-0.05, 0) is 13.8 Å². The molecule has 54 valence electrons. The first-order valence-electron chi connectivity index (χ1n) is 3.19. The van der Waals surface area contributed by atoms with Gasteiger partial charge in [-0.2, -0.15) is 0 Å².